The van der Waals surface area contributed by atoms with E-state index in [1.807, 2.05) is 0 Å². The van der Waals surface area contributed by atoms with Gasteiger partial charge in [-0.2, -0.15) is 0 Å². The third kappa shape index (κ3) is 4.96. The summed E-state index contributed by atoms with van der Waals surface area (Å²) >= 11 is 0. The van der Waals surface area contributed by atoms with E-state index in [-0.39, 0.29) is 25.4 Å². The maximum atomic E-state index is 13.6. The molecule has 0 aliphatic carbocycles. The number of carbonyl (C=O) groups excluding carboxylic acids is 1. The number of benzene rings is 1. The molecule has 3 aromatic rings. The smallest absolute Gasteiger partial charge is 0.243 e. The predicted molar refractivity (Wildman–Crippen MR) is 97.2 cm³/mol. The first kappa shape index (κ1) is 19.6. The van der Waals surface area contributed by atoms with Crippen molar-refractivity contribution in [2.24, 2.45) is 0 Å². The molecule has 0 fully saturated rings. The number of aromatic nitrogens is 4. The van der Waals surface area contributed by atoms with E-state index in [0.717, 1.165) is 17.8 Å². The van der Waals surface area contributed by atoms with Gasteiger partial charge in [-0.3, -0.25) is 9.78 Å². The molecule has 2 heterocycles. The molecule has 1 amide bonds. The molecular weight excluding hydrogens is 387 g/mol. The van der Waals surface area contributed by atoms with Crippen LogP contribution in [0.3, 0.4) is 0 Å². The SMILES string of the molecule is O=C(CCNS(=O)(=O)c1ccccc1F)NCc1cn(-c2ccncc2)nn1. The number of nitrogens with zero attached hydrogens (tertiary/aromatic N) is 4. The van der Waals surface area contributed by atoms with Crippen LogP contribution >= 0.6 is 0 Å². The summed E-state index contributed by atoms with van der Waals surface area (Å²) in [6.07, 6.45) is 4.81. The monoisotopic (exact) mass is 404 g/mol. The van der Waals surface area contributed by atoms with Crippen LogP contribution in [0.2, 0.25) is 0 Å². The average Bonchev–Trinajstić information content (AvgIpc) is 3.16. The molecule has 0 aliphatic rings. The van der Waals surface area contributed by atoms with Gasteiger partial charge in [-0.05, 0) is 24.3 Å². The molecule has 0 aliphatic heterocycles. The normalized spacial score (nSPS) is 11.3. The average molecular weight is 404 g/mol. The van der Waals surface area contributed by atoms with Gasteiger partial charge in [0, 0.05) is 25.4 Å². The highest BCUT2D eigenvalue weighted by atomic mass is 32.2. The number of carbonyl (C=O) groups is 1. The van der Waals surface area contributed by atoms with Crippen LogP contribution in [-0.4, -0.2) is 40.8 Å². The zero-order valence-electron chi connectivity index (χ0n) is 14.6. The first-order valence-corrected chi connectivity index (χ1v) is 9.76. The van der Waals surface area contributed by atoms with Crippen molar-refractivity contribution in [2.75, 3.05) is 6.54 Å². The second-order valence-electron chi connectivity index (χ2n) is 5.71. The van der Waals surface area contributed by atoms with Gasteiger partial charge >= 0.3 is 0 Å². The Labute approximate surface area is 160 Å². The Hall–Kier alpha value is -3.18. The third-order valence-corrected chi connectivity index (χ3v) is 5.20. The lowest BCUT2D eigenvalue weighted by molar-refractivity contribution is -0.121. The van der Waals surface area contributed by atoms with Crippen LogP contribution in [0.5, 0.6) is 0 Å². The fourth-order valence-corrected chi connectivity index (χ4v) is 3.43. The predicted octanol–water partition coefficient (Wildman–Crippen LogP) is 0.786. The van der Waals surface area contributed by atoms with Gasteiger partial charge in [-0.25, -0.2) is 22.2 Å². The van der Waals surface area contributed by atoms with Crippen molar-refractivity contribution in [1.29, 1.82) is 0 Å². The van der Waals surface area contributed by atoms with Crippen molar-refractivity contribution in [3.8, 4) is 5.69 Å². The zero-order valence-corrected chi connectivity index (χ0v) is 15.4. The maximum absolute atomic E-state index is 13.6. The molecular formula is C17H17FN6O3S. The standard InChI is InChI=1S/C17H17FN6O3S/c18-15-3-1-2-4-16(15)28(26,27)21-10-7-17(25)20-11-13-12-24(23-22-13)14-5-8-19-9-6-14/h1-6,8-9,12,21H,7,10-11H2,(H,20,25). The van der Waals surface area contributed by atoms with Crippen LogP contribution in [0.4, 0.5) is 4.39 Å². The Kier molecular flexibility index (Phi) is 6.06. The molecule has 3 rings (SSSR count). The van der Waals surface area contributed by atoms with E-state index < -0.39 is 20.7 Å². The number of pyridine rings is 1. The van der Waals surface area contributed by atoms with Crippen LogP contribution in [-0.2, 0) is 21.4 Å². The number of hydrogen-bond acceptors (Lipinski definition) is 6. The number of amides is 1. The van der Waals surface area contributed by atoms with Gasteiger partial charge in [0.05, 0.1) is 18.4 Å². The van der Waals surface area contributed by atoms with E-state index in [1.165, 1.54) is 12.1 Å². The van der Waals surface area contributed by atoms with Gasteiger partial charge in [0.2, 0.25) is 15.9 Å². The quantitative estimate of drug-likeness (QED) is 0.573. The lowest BCUT2D eigenvalue weighted by Crippen LogP contribution is -2.31. The molecule has 0 unspecified atom stereocenters. The number of halogens is 1. The summed E-state index contributed by atoms with van der Waals surface area (Å²) in [5.74, 6) is -1.23. The van der Waals surface area contributed by atoms with Gasteiger partial charge in [-0.15, -0.1) is 5.10 Å². The molecule has 28 heavy (non-hydrogen) atoms. The molecule has 0 saturated heterocycles. The molecule has 146 valence electrons. The Morgan fingerprint density at radius 2 is 1.89 bits per heavy atom. The second-order valence-corrected chi connectivity index (χ2v) is 7.45. The fraction of sp³-hybridized carbons (Fsp3) is 0.176. The number of nitrogens with one attached hydrogen (secondary N) is 2. The van der Waals surface area contributed by atoms with Crippen LogP contribution in [0.15, 0.2) is 59.9 Å². The van der Waals surface area contributed by atoms with Gasteiger partial charge in [0.25, 0.3) is 0 Å². The van der Waals surface area contributed by atoms with Crippen LogP contribution in [0, 0.1) is 5.82 Å². The molecule has 2 aromatic heterocycles. The summed E-state index contributed by atoms with van der Waals surface area (Å²) in [6.45, 7) is -0.0177. The molecule has 0 saturated carbocycles. The molecule has 0 bridgehead atoms. The summed E-state index contributed by atoms with van der Waals surface area (Å²) in [5, 5.41) is 10.5. The summed E-state index contributed by atoms with van der Waals surface area (Å²) in [6, 6.07) is 8.55. The highest BCUT2D eigenvalue weighted by Crippen LogP contribution is 2.12. The Balaban J connectivity index is 1.46. The molecule has 2 N–H and O–H groups in total. The Morgan fingerprint density at radius 1 is 1.14 bits per heavy atom. The Morgan fingerprint density at radius 3 is 2.64 bits per heavy atom. The summed E-state index contributed by atoms with van der Waals surface area (Å²) in [4.78, 5) is 15.4. The highest BCUT2D eigenvalue weighted by Gasteiger charge is 2.18. The van der Waals surface area contributed by atoms with Gasteiger partial charge in [0.1, 0.15) is 16.4 Å². The minimum Gasteiger partial charge on any atom is -0.350 e. The van der Waals surface area contributed by atoms with E-state index in [4.69, 9.17) is 0 Å². The molecule has 11 heteroatoms. The van der Waals surface area contributed by atoms with Crippen molar-refractivity contribution in [3.63, 3.8) is 0 Å². The Bertz CT molecular complexity index is 1060. The summed E-state index contributed by atoms with van der Waals surface area (Å²) < 4.78 is 41.4. The molecule has 0 atom stereocenters. The van der Waals surface area contributed by atoms with E-state index in [0.29, 0.717) is 5.69 Å². The van der Waals surface area contributed by atoms with Crippen molar-refractivity contribution in [1.82, 2.24) is 30.0 Å². The third-order valence-electron chi connectivity index (χ3n) is 3.71. The van der Waals surface area contributed by atoms with Crippen molar-refractivity contribution >= 4 is 15.9 Å². The second kappa shape index (κ2) is 8.67. The molecule has 9 nitrogen and oxygen atoms in total. The number of hydrogen-bond donors (Lipinski definition) is 2. The largest absolute Gasteiger partial charge is 0.350 e. The first-order chi connectivity index (χ1) is 13.5. The van der Waals surface area contributed by atoms with Gasteiger partial charge in [0.15, 0.2) is 0 Å². The maximum Gasteiger partial charge on any atom is 0.243 e. The first-order valence-electron chi connectivity index (χ1n) is 8.28. The molecule has 0 radical (unpaired) electrons. The van der Waals surface area contributed by atoms with Crippen LogP contribution < -0.4 is 10.0 Å². The van der Waals surface area contributed by atoms with Crippen molar-refractivity contribution in [2.45, 2.75) is 17.9 Å². The topological polar surface area (TPSA) is 119 Å². The number of sulfonamides is 1. The zero-order chi connectivity index (χ0) is 20.0. The van der Waals surface area contributed by atoms with Crippen LogP contribution in [0.25, 0.3) is 5.69 Å². The lowest BCUT2D eigenvalue weighted by atomic mass is 10.3. The van der Waals surface area contributed by atoms with Crippen molar-refractivity contribution < 1.29 is 17.6 Å². The summed E-state index contributed by atoms with van der Waals surface area (Å²) in [5.41, 5.74) is 1.32. The van der Waals surface area contributed by atoms with Gasteiger partial charge < -0.3 is 5.32 Å². The molecule has 0 spiro atoms. The van der Waals surface area contributed by atoms with E-state index in [2.05, 4.69) is 25.3 Å². The molecule has 1 aromatic carbocycles. The van der Waals surface area contributed by atoms with Crippen LogP contribution in [0.1, 0.15) is 12.1 Å². The van der Waals surface area contributed by atoms with E-state index in [1.54, 1.807) is 35.4 Å². The van der Waals surface area contributed by atoms with E-state index in [9.17, 15) is 17.6 Å². The number of rotatable bonds is 8. The minimum absolute atomic E-state index is 0.105. The van der Waals surface area contributed by atoms with E-state index >= 15 is 0 Å². The van der Waals surface area contributed by atoms with Crippen molar-refractivity contribution in [3.05, 3.63) is 66.5 Å². The highest BCUT2D eigenvalue weighted by molar-refractivity contribution is 7.89. The summed E-state index contributed by atoms with van der Waals surface area (Å²) in [7, 11) is -4.02. The lowest BCUT2D eigenvalue weighted by Gasteiger charge is -2.07. The minimum atomic E-state index is -4.02. The van der Waals surface area contributed by atoms with Gasteiger partial charge in [-0.1, -0.05) is 17.3 Å². The fourth-order valence-electron chi connectivity index (χ4n) is 2.32.